The average molecular weight is 607 g/mol. The van der Waals surface area contributed by atoms with Crippen LogP contribution in [0.4, 0.5) is 43.4 Å². The van der Waals surface area contributed by atoms with Crippen molar-refractivity contribution in [1.29, 1.82) is 0 Å². The molecule has 5 aromatic carbocycles. The van der Waals surface area contributed by atoms with Gasteiger partial charge in [-0.15, -0.1) is 0 Å². The van der Waals surface area contributed by atoms with Crippen molar-refractivity contribution in [3.63, 3.8) is 0 Å². The maximum absolute atomic E-state index is 13.8. The molecular weight excluding hydrogens is 582 g/mol. The predicted octanol–water partition coefficient (Wildman–Crippen LogP) is 9.21. The molecule has 4 nitrogen and oxygen atoms in total. The van der Waals surface area contributed by atoms with Crippen molar-refractivity contribution in [2.75, 3.05) is 10.2 Å². The van der Waals surface area contributed by atoms with E-state index in [-0.39, 0.29) is 29.0 Å². The number of rotatable bonds is 8. The summed E-state index contributed by atoms with van der Waals surface area (Å²) in [5, 5.41) is 4.56. The molecule has 0 aromatic heterocycles. The molecule has 2 amide bonds. The van der Waals surface area contributed by atoms with Gasteiger partial charge in [0.15, 0.2) is 0 Å². The first-order chi connectivity index (χ1) is 20.9. The van der Waals surface area contributed by atoms with E-state index in [4.69, 9.17) is 0 Å². The highest BCUT2D eigenvalue weighted by Gasteiger charge is 2.32. The third-order valence-corrected chi connectivity index (χ3v) is 7.04. The highest BCUT2D eigenvalue weighted by molar-refractivity contribution is 6.05. The van der Waals surface area contributed by atoms with Crippen LogP contribution in [0.2, 0.25) is 0 Å². The molecule has 0 saturated carbocycles. The van der Waals surface area contributed by atoms with Crippen molar-refractivity contribution < 1.29 is 35.9 Å². The standard InChI is InChI=1S/C34H24F6N2O2/c35-33(36,37)27-8-4-10-31(20-27)42(21-43)30-9-3-7-26(18-30)32(44)41-29-17-23(16-28(19-29)34(38,39)40)12-11-22-13-14-24-5-1-2-6-25(24)15-22/h1-10,13-21H,11-12H2,(H,41,44). The second-order valence-corrected chi connectivity index (χ2v) is 10.1. The number of hydrogen-bond acceptors (Lipinski definition) is 2. The number of carbonyl (C=O) groups is 2. The van der Waals surface area contributed by atoms with Gasteiger partial charge in [0.1, 0.15) is 0 Å². The van der Waals surface area contributed by atoms with Gasteiger partial charge < -0.3 is 5.32 Å². The van der Waals surface area contributed by atoms with E-state index in [1.807, 2.05) is 42.5 Å². The summed E-state index contributed by atoms with van der Waals surface area (Å²) < 4.78 is 80.9. The van der Waals surface area contributed by atoms with E-state index < -0.39 is 29.4 Å². The second-order valence-electron chi connectivity index (χ2n) is 10.1. The Bertz CT molecular complexity index is 1830. The van der Waals surface area contributed by atoms with Gasteiger partial charge in [0.2, 0.25) is 6.41 Å². The lowest BCUT2D eigenvalue weighted by Crippen LogP contribution is -2.17. The van der Waals surface area contributed by atoms with E-state index in [1.54, 1.807) is 0 Å². The van der Waals surface area contributed by atoms with Gasteiger partial charge in [-0.3, -0.25) is 14.5 Å². The van der Waals surface area contributed by atoms with Crippen LogP contribution in [0.5, 0.6) is 0 Å². The fraction of sp³-hybridized carbons (Fsp3) is 0.118. The third-order valence-electron chi connectivity index (χ3n) is 7.04. The van der Waals surface area contributed by atoms with E-state index >= 15 is 0 Å². The number of nitrogens with zero attached hydrogens (tertiary/aromatic N) is 1. The minimum Gasteiger partial charge on any atom is -0.322 e. The fourth-order valence-corrected chi connectivity index (χ4v) is 4.86. The number of anilines is 3. The Morgan fingerprint density at radius 3 is 2.00 bits per heavy atom. The van der Waals surface area contributed by atoms with Crippen molar-refractivity contribution >= 4 is 40.2 Å². The Morgan fingerprint density at radius 2 is 1.30 bits per heavy atom. The van der Waals surface area contributed by atoms with Gasteiger partial charge in [-0.25, -0.2) is 0 Å². The van der Waals surface area contributed by atoms with E-state index in [2.05, 4.69) is 5.32 Å². The third kappa shape index (κ3) is 7.08. The van der Waals surface area contributed by atoms with Crippen LogP contribution in [0.15, 0.2) is 109 Å². The van der Waals surface area contributed by atoms with E-state index in [0.29, 0.717) is 18.4 Å². The highest BCUT2D eigenvalue weighted by atomic mass is 19.4. The quantitative estimate of drug-likeness (QED) is 0.141. The Morgan fingerprint density at radius 1 is 0.636 bits per heavy atom. The van der Waals surface area contributed by atoms with Crippen LogP contribution >= 0.6 is 0 Å². The Hall–Kier alpha value is -5.12. The van der Waals surface area contributed by atoms with E-state index in [1.165, 1.54) is 36.4 Å². The molecule has 0 fully saturated rings. The van der Waals surface area contributed by atoms with Gasteiger partial charge >= 0.3 is 12.4 Å². The van der Waals surface area contributed by atoms with Crippen molar-refractivity contribution in [3.8, 4) is 0 Å². The highest BCUT2D eigenvalue weighted by Crippen LogP contribution is 2.35. The van der Waals surface area contributed by atoms with Crippen LogP contribution in [-0.2, 0) is 30.0 Å². The number of halogens is 6. The largest absolute Gasteiger partial charge is 0.416 e. The van der Waals surface area contributed by atoms with Gasteiger partial charge in [-0.2, -0.15) is 26.3 Å². The topological polar surface area (TPSA) is 49.4 Å². The number of aryl methyl sites for hydroxylation is 2. The average Bonchev–Trinajstić information content (AvgIpc) is 3.00. The molecule has 0 radical (unpaired) electrons. The van der Waals surface area contributed by atoms with Crippen molar-refractivity contribution in [3.05, 3.63) is 137 Å². The lowest BCUT2D eigenvalue weighted by atomic mass is 9.99. The zero-order valence-electron chi connectivity index (χ0n) is 22.9. The molecule has 5 rings (SSSR count). The number of alkyl halides is 6. The summed E-state index contributed by atoms with van der Waals surface area (Å²) in [5.41, 5.74) is -0.651. The molecule has 0 heterocycles. The smallest absolute Gasteiger partial charge is 0.322 e. The minimum absolute atomic E-state index is 0.0172. The van der Waals surface area contributed by atoms with Gasteiger partial charge in [-0.1, -0.05) is 54.6 Å². The van der Waals surface area contributed by atoms with Gasteiger partial charge in [0.05, 0.1) is 11.1 Å². The van der Waals surface area contributed by atoms with Crippen LogP contribution in [0, 0.1) is 0 Å². The molecule has 0 aliphatic heterocycles. The van der Waals surface area contributed by atoms with E-state index in [9.17, 15) is 35.9 Å². The number of benzene rings is 5. The Kier molecular flexibility index (Phi) is 8.44. The number of hydrogen-bond donors (Lipinski definition) is 1. The summed E-state index contributed by atoms with van der Waals surface area (Å²) in [5.74, 6) is -0.762. The first kappa shape index (κ1) is 30.3. The molecule has 224 valence electrons. The number of amides is 2. The number of fused-ring (bicyclic) bond motifs is 1. The van der Waals surface area contributed by atoms with Crippen LogP contribution in [0.1, 0.15) is 32.6 Å². The zero-order chi connectivity index (χ0) is 31.5. The molecule has 0 aliphatic carbocycles. The molecule has 0 atom stereocenters. The molecule has 0 saturated heterocycles. The van der Waals surface area contributed by atoms with Crippen LogP contribution in [0.3, 0.4) is 0 Å². The molecule has 10 heteroatoms. The lowest BCUT2D eigenvalue weighted by Gasteiger charge is -2.20. The Balaban J connectivity index is 1.38. The summed E-state index contributed by atoms with van der Waals surface area (Å²) in [6.07, 6.45) is -8.23. The summed E-state index contributed by atoms with van der Waals surface area (Å²) in [6, 6.07) is 26.6. The van der Waals surface area contributed by atoms with Crippen molar-refractivity contribution in [2.45, 2.75) is 25.2 Å². The van der Waals surface area contributed by atoms with Crippen LogP contribution < -0.4 is 10.2 Å². The van der Waals surface area contributed by atoms with Gasteiger partial charge in [0, 0.05) is 22.6 Å². The predicted molar refractivity (Wildman–Crippen MR) is 157 cm³/mol. The van der Waals surface area contributed by atoms with Crippen LogP contribution in [-0.4, -0.2) is 12.3 Å². The van der Waals surface area contributed by atoms with Gasteiger partial charge in [0.25, 0.3) is 5.91 Å². The van der Waals surface area contributed by atoms with Crippen molar-refractivity contribution in [2.24, 2.45) is 0 Å². The molecule has 0 aliphatic rings. The second kappa shape index (κ2) is 12.2. The molecule has 44 heavy (non-hydrogen) atoms. The molecule has 0 bridgehead atoms. The lowest BCUT2D eigenvalue weighted by molar-refractivity contribution is -0.138. The van der Waals surface area contributed by atoms with Crippen LogP contribution in [0.25, 0.3) is 10.8 Å². The number of nitrogens with one attached hydrogen (secondary N) is 1. The van der Waals surface area contributed by atoms with Gasteiger partial charge in [-0.05, 0) is 89.3 Å². The summed E-state index contributed by atoms with van der Waals surface area (Å²) >= 11 is 0. The molecule has 0 spiro atoms. The molecule has 1 N–H and O–H groups in total. The normalized spacial score (nSPS) is 11.8. The maximum atomic E-state index is 13.8. The monoisotopic (exact) mass is 606 g/mol. The summed E-state index contributed by atoms with van der Waals surface area (Å²) in [6.45, 7) is 0. The minimum atomic E-state index is -4.66. The molecule has 0 unspecified atom stereocenters. The number of carbonyl (C=O) groups excluding carboxylic acids is 2. The summed E-state index contributed by atoms with van der Waals surface area (Å²) in [4.78, 5) is 25.9. The van der Waals surface area contributed by atoms with Crippen molar-refractivity contribution in [1.82, 2.24) is 0 Å². The molecular formula is C34H24F6N2O2. The SMILES string of the molecule is O=CN(c1cccc(C(=O)Nc2cc(CCc3ccc4ccccc4c3)cc(C(F)(F)F)c2)c1)c1cccc(C(F)(F)F)c1. The first-order valence-electron chi connectivity index (χ1n) is 13.4. The zero-order valence-corrected chi connectivity index (χ0v) is 22.9. The summed E-state index contributed by atoms with van der Waals surface area (Å²) in [7, 11) is 0. The fourth-order valence-electron chi connectivity index (χ4n) is 4.86. The Labute approximate surface area is 248 Å². The maximum Gasteiger partial charge on any atom is 0.416 e. The first-order valence-corrected chi connectivity index (χ1v) is 13.4. The molecule has 5 aromatic rings. The van der Waals surface area contributed by atoms with E-state index in [0.717, 1.165) is 51.6 Å².